The fourth-order valence-corrected chi connectivity index (χ4v) is 5.45. The molecule has 1 aliphatic carbocycles. The Morgan fingerprint density at radius 2 is 1.90 bits per heavy atom. The van der Waals surface area contributed by atoms with Crippen molar-refractivity contribution in [3.63, 3.8) is 0 Å². The number of anilines is 2. The van der Waals surface area contributed by atoms with Gasteiger partial charge in [-0.05, 0) is 73.7 Å². The molecule has 1 saturated carbocycles. The minimum atomic E-state index is -0.551. The Hall–Kier alpha value is -3.82. The largest absolute Gasteiger partial charge is 0.497 e. The SMILES string of the molecule is CCn1nc(-c2cccc(Sc3ccc(OC)cc3)c2)cc(NC(=O)Nc2c(Cl)cncc2C2CCC2)c1=O. The average molecular weight is 562 g/mol. The number of nitrogens with zero attached hydrogens (tertiary/aromatic N) is 3. The summed E-state index contributed by atoms with van der Waals surface area (Å²) in [5.41, 5.74) is 2.58. The third kappa shape index (κ3) is 6.10. The van der Waals surface area contributed by atoms with Crippen molar-refractivity contribution in [1.82, 2.24) is 14.8 Å². The molecule has 0 bridgehead atoms. The first kappa shape index (κ1) is 26.8. The van der Waals surface area contributed by atoms with Crippen molar-refractivity contribution in [2.24, 2.45) is 0 Å². The lowest BCUT2D eigenvalue weighted by atomic mass is 9.80. The fraction of sp³-hybridized carbons (Fsp3) is 0.241. The van der Waals surface area contributed by atoms with E-state index in [0.29, 0.717) is 28.9 Å². The van der Waals surface area contributed by atoms with Crippen molar-refractivity contribution in [3.05, 3.63) is 87.9 Å². The van der Waals surface area contributed by atoms with Crippen LogP contribution >= 0.6 is 23.4 Å². The maximum atomic E-state index is 13.0. The molecule has 1 aliphatic rings. The quantitative estimate of drug-likeness (QED) is 0.239. The van der Waals surface area contributed by atoms with E-state index in [2.05, 4.69) is 20.7 Å². The predicted octanol–water partition coefficient (Wildman–Crippen LogP) is 7.05. The number of aryl methyl sites for hydroxylation is 1. The maximum absolute atomic E-state index is 13.0. The summed E-state index contributed by atoms with van der Waals surface area (Å²) >= 11 is 7.99. The molecule has 1 fully saturated rings. The molecular weight excluding hydrogens is 534 g/mol. The van der Waals surface area contributed by atoms with Gasteiger partial charge >= 0.3 is 6.03 Å². The van der Waals surface area contributed by atoms with E-state index in [1.807, 2.05) is 55.5 Å². The normalized spacial score (nSPS) is 13.0. The van der Waals surface area contributed by atoms with E-state index in [1.165, 1.54) is 10.9 Å². The number of benzene rings is 2. The highest BCUT2D eigenvalue weighted by molar-refractivity contribution is 7.99. The van der Waals surface area contributed by atoms with Crippen molar-refractivity contribution in [2.45, 2.75) is 48.4 Å². The molecule has 0 radical (unpaired) electrons. The lowest BCUT2D eigenvalue weighted by Gasteiger charge is -2.27. The number of halogens is 1. The van der Waals surface area contributed by atoms with Gasteiger partial charge in [-0.2, -0.15) is 5.10 Å². The van der Waals surface area contributed by atoms with Gasteiger partial charge < -0.3 is 15.4 Å². The van der Waals surface area contributed by atoms with E-state index in [-0.39, 0.29) is 11.2 Å². The number of pyridine rings is 1. The lowest BCUT2D eigenvalue weighted by Crippen LogP contribution is -2.30. The van der Waals surface area contributed by atoms with Crippen molar-refractivity contribution >= 4 is 40.8 Å². The molecule has 0 spiro atoms. The van der Waals surface area contributed by atoms with Crippen LogP contribution < -0.4 is 20.9 Å². The number of ether oxygens (including phenoxy) is 1. The number of methoxy groups -OCH3 is 1. The van der Waals surface area contributed by atoms with Crippen LogP contribution in [0.4, 0.5) is 16.2 Å². The standard InChI is InChI=1S/C29H28ClN5O3S/c1-3-35-28(36)26(32-29(37)33-27-23(18-6-4-7-18)16-31-17-24(27)30)15-25(34-35)19-8-5-9-22(14-19)39-21-12-10-20(38-2)11-13-21/h5,8-18H,3-4,6-7H2,1-2H3,(H2,31,32,33,37). The summed E-state index contributed by atoms with van der Waals surface area (Å²) in [4.78, 5) is 32.3. The molecule has 0 unspecified atom stereocenters. The fourth-order valence-electron chi connectivity index (χ4n) is 4.36. The molecule has 0 atom stereocenters. The number of urea groups is 1. The Kier molecular flexibility index (Phi) is 8.18. The van der Waals surface area contributed by atoms with Gasteiger partial charge in [-0.3, -0.25) is 9.78 Å². The molecule has 2 amide bonds. The average Bonchev–Trinajstić information content (AvgIpc) is 2.91. The van der Waals surface area contributed by atoms with Gasteiger partial charge in [-0.15, -0.1) is 0 Å². The van der Waals surface area contributed by atoms with E-state index >= 15 is 0 Å². The van der Waals surface area contributed by atoms with Crippen LogP contribution in [-0.4, -0.2) is 27.9 Å². The lowest BCUT2D eigenvalue weighted by molar-refractivity contribution is 0.262. The Morgan fingerprint density at radius 3 is 2.59 bits per heavy atom. The number of carbonyl (C=O) groups is 1. The van der Waals surface area contributed by atoms with Crippen LogP contribution in [0.15, 0.2) is 81.6 Å². The zero-order valence-corrected chi connectivity index (χ0v) is 23.2. The monoisotopic (exact) mass is 561 g/mol. The second kappa shape index (κ2) is 11.9. The molecule has 10 heteroatoms. The first-order chi connectivity index (χ1) is 18.9. The van der Waals surface area contributed by atoms with Gasteiger partial charge in [0.15, 0.2) is 0 Å². The van der Waals surface area contributed by atoms with Crippen LogP contribution in [0.3, 0.4) is 0 Å². The van der Waals surface area contributed by atoms with Gasteiger partial charge in [0.2, 0.25) is 0 Å². The Bertz CT molecular complexity index is 1550. The zero-order valence-electron chi connectivity index (χ0n) is 21.6. The number of carbonyl (C=O) groups excluding carboxylic acids is 1. The van der Waals surface area contributed by atoms with E-state index < -0.39 is 6.03 Å². The third-order valence-electron chi connectivity index (χ3n) is 6.66. The van der Waals surface area contributed by atoms with E-state index in [9.17, 15) is 9.59 Å². The highest BCUT2D eigenvalue weighted by Crippen LogP contribution is 2.41. The molecule has 0 saturated heterocycles. The molecule has 5 rings (SSSR count). The van der Waals surface area contributed by atoms with Gasteiger partial charge in [-0.1, -0.05) is 41.9 Å². The first-order valence-electron chi connectivity index (χ1n) is 12.7. The summed E-state index contributed by atoms with van der Waals surface area (Å²) in [5, 5.41) is 10.5. The molecular formula is C29H28ClN5O3S. The Morgan fingerprint density at radius 1 is 1.10 bits per heavy atom. The molecule has 0 aliphatic heterocycles. The van der Waals surface area contributed by atoms with Crippen LogP contribution in [0.2, 0.25) is 5.02 Å². The molecule has 4 aromatic rings. The highest BCUT2D eigenvalue weighted by Gasteiger charge is 2.25. The summed E-state index contributed by atoms with van der Waals surface area (Å²) in [7, 11) is 1.64. The van der Waals surface area contributed by atoms with Crippen molar-refractivity contribution in [2.75, 3.05) is 17.7 Å². The van der Waals surface area contributed by atoms with Gasteiger partial charge in [0.25, 0.3) is 5.56 Å². The van der Waals surface area contributed by atoms with E-state index in [4.69, 9.17) is 16.3 Å². The van der Waals surface area contributed by atoms with E-state index in [1.54, 1.807) is 31.1 Å². The number of nitrogens with one attached hydrogen (secondary N) is 2. The van der Waals surface area contributed by atoms with Crippen molar-refractivity contribution in [1.29, 1.82) is 0 Å². The second-order valence-corrected chi connectivity index (χ2v) is 10.7. The number of amides is 2. The molecule has 2 aromatic carbocycles. The van der Waals surface area contributed by atoms with Crippen LogP contribution in [0, 0.1) is 0 Å². The summed E-state index contributed by atoms with van der Waals surface area (Å²) in [6.45, 7) is 2.19. The zero-order chi connectivity index (χ0) is 27.4. The Labute approximate surface area is 235 Å². The second-order valence-electron chi connectivity index (χ2n) is 9.16. The van der Waals surface area contributed by atoms with Crippen LogP contribution in [0.5, 0.6) is 5.75 Å². The number of hydrogen-bond acceptors (Lipinski definition) is 6. The van der Waals surface area contributed by atoms with Crippen LogP contribution in [0.25, 0.3) is 11.3 Å². The molecule has 2 aromatic heterocycles. The summed E-state index contributed by atoms with van der Waals surface area (Å²) in [6.07, 6.45) is 6.45. The third-order valence-corrected chi connectivity index (χ3v) is 7.94. The number of hydrogen-bond donors (Lipinski definition) is 2. The minimum Gasteiger partial charge on any atom is -0.497 e. The molecule has 2 N–H and O–H groups in total. The van der Waals surface area contributed by atoms with Crippen molar-refractivity contribution in [3.8, 4) is 17.0 Å². The molecule has 2 heterocycles. The van der Waals surface area contributed by atoms with Crippen molar-refractivity contribution < 1.29 is 9.53 Å². The predicted molar refractivity (Wildman–Crippen MR) is 155 cm³/mol. The highest BCUT2D eigenvalue weighted by atomic mass is 35.5. The van der Waals surface area contributed by atoms with Crippen LogP contribution in [-0.2, 0) is 6.54 Å². The van der Waals surface area contributed by atoms with Gasteiger partial charge in [0.1, 0.15) is 11.4 Å². The molecule has 39 heavy (non-hydrogen) atoms. The smallest absolute Gasteiger partial charge is 0.323 e. The van der Waals surface area contributed by atoms with Gasteiger partial charge in [-0.25, -0.2) is 9.48 Å². The topological polar surface area (TPSA) is 98.1 Å². The summed E-state index contributed by atoms with van der Waals surface area (Å²) in [6, 6.07) is 16.8. The summed E-state index contributed by atoms with van der Waals surface area (Å²) in [5.74, 6) is 1.12. The van der Waals surface area contributed by atoms with Crippen LogP contribution in [0.1, 0.15) is 37.7 Å². The first-order valence-corrected chi connectivity index (χ1v) is 13.9. The Balaban J connectivity index is 1.39. The van der Waals surface area contributed by atoms with Gasteiger partial charge in [0, 0.05) is 34.3 Å². The maximum Gasteiger partial charge on any atom is 0.323 e. The number of aromatic nitrogens is 3. The summed E-state index contributed by atoms with van der Waals surface area (Å²) < 4.78 is 6.58. The number of rotatable bonds is 8. The molecule has 200 valence electrons. The molecule has 8 nitrogen and oxygen atoms in total. The van der Waals surface area contributed by atoms with Gasteiger partial charge in [0.05, 0.1) is 23.5 Å². The minimum absolute atomic E-state index is 0.128. The van der Waals surface area contributed by atoms with E-state index in [0.717, 1.165) is 45.9 Å².